The highest BCUT2D eigenvalue weighted by atomic mass is 79.9. The van der Waals surface area contributed by atoms with Gasteiger partial charge in [0.15, 0.2) is 0 Å². The minimum absolute atomic E-state index is 0.0736. The molecule has 1 rings (SSSR count). The molecule has 160 valence electrons. The van der Waals surface area contributed by atoms with Gasteiger partial charge in [-0.15, -0.1) is 0 Å². The Hall–Kier alpha value is -1.26. The predicted octanol–water partition coefficient (Wildman–Crippen LogP) is 2.63. The molecule has 28 heavy (non-hydrogen) atoms. The van der Waals surface area contributed by atoms with Crippen LogP contribution in [0.2, 0.25) is 0 Å². The summed E-state index contributed by atoms with van der Waals surface area (Å²) in [5.74, 6) is 0.176. The van der Waals surface area contributed by atoms with Crippen molar-refractivity contribution >= 4 is 21.9 Å². The maximum absolute atomic E-state index is 11.4. The maximum Gasteiger partial charge on any atom is 0.332 e. The van der Waals surface area contributed by atoms with Crippen LogP contribution in [-0.4, -0.2) is 76.0 Å². The number of pyridine rings is 1. The van der Waals surface area contributed by atoms with Gasteiger partial charge in [0.2, 0.25) is 5.88 Å². The molecule has 1 heterocycles. The van der Waals surface area contributed by atoms with Crippen molar-refractivity contribution in [2.75, 3.05) is 59.5 Å². The van der Waals surface area contributed by atoms with Crippen molar-refractivity contribution in [1.29, 1.82) is 0 Å². The first-order chi connectivity index (χ1) is 13.4. The van der Waals surface area contributed by atoms with Crippen LogP contribution < -0.4 is 4.74 Å². The van der Waals surface area contributed by atoms with Crippen LogP contribution in [0.25, 0.3) is 0 Å². The van der Waals surface area contributed by atoms with Crippen molar-refractivity contribution < 1.29 is 33.2 Å². The number of carbonyl (C=O) groups excluding carboxylic acids is 1. The minimum atomic E-state index is -0.498. The lowest BCUT2D eigenvalue weighted by Crippen LogP contribution is -2.27. The second kappa shape index (κ2) is 14.7. The van der Waals surface area contributed by atoms with Crippen molar-refractivity contribution in [1.82, 2.24) is 4.98 Å². The van der Waals surface area contributed by atoms with E-state index in [1.54, 1.807) is 12.3 Å². The Morgan fingerprint density at radius 3 is 2.00 bits per heavy atom. The van der Waals surface area contributed by atoms with Gasteiger partial charge in [0.1, 0.15) is 18.8 Å². The number of ether oxygens (including phenoxy) is 6. The summed E-state index contributed by atoms with van der Waals surface area (Å²) in [6.45, 7) is 8.85. The molecule has 0 N–H and O–H groups in total. The van der Waals surface area contributed by atoms with E-state index in [4.69, 9.17) is 28.4 Å². The highest BCUT2D eigenvalue weighted by Crippen LogP contribution is 2.14. The number of aromatic nitrogens is 1. The zero-order chi connectivity index (χ0) is 20.7. The average Bonchev–Trinajstić information content (AvgIpc) is 2.60. The van der Waals surface area contributed by atoms with Crippen molar-refractivity contribution in [3.05, 3.63) is 22.8 Å². The standard InChI is InChI=1S/C19H30BrNO7/c1-19(2,3)28-18(22)15-26-11-10-24-7-6-23-8-9-25-12-13-27-17-14-16(20)4-5-21-17/h4-5,14H,6-13,15H2,1-3H3. The van der Waals surface area contributed by atoms with E-state index in [1.165, 1.54) is 0 Å². The average molecular weight is 464 g/mol. The van der Waals surface area contributed by atoms with Gasteiger partial charge >= 0.3 is 5.97 Å². The van der Waals surface area contributed by atoms with Crippen molar-refractivity contribution in [2.24, 2.45) is 0 Å². The number of hydrogen-bond acceptors (Lipinski definition) is 8. The number of halogens is 1. The van der Waals surface area contributed by atoms with Crippen LogP contribution in [0.1, 0.15) is 20.8 Å². The highest BCUT2D eigenvalue weighted by Gasteiger charge is 2.15. The van der Waals surface area contributed by atoms with E-state index in [-0.39, 0.29) is 12.6 Å². The second-order valence-corrected chi connectivity index (χ2v) is 7.55. The molecule has 0 unspecified atom stereocenters. The van der Waals surface area contributed by atoms with Crippen LogP contribution in [-0.2, 0) is 28.5 Å². The van der Waals surface area contributed by atoms with Gasteiger partial charge in [-0.1, -0.05) is 15.9 Å². The molecule has 0 saturated heterocycles. The summed E-state index contributed by atoms with van der Waals surface area (Å²) in [5, 5.41) is 0. The molecule has 0 bridgehead atoms. The monoisotopic (exact) mass is 463 g/mol. The van der Waals surface area contributed by atoms with Gasteiger partial charge in [-0.25, -0.2) is 9.78 Å². The minimum Gasteiger partial charge on any atom is -0.475 e. The smallest absolute Gasteiger partial charge is 0.332 e. The molecule has 0 aliphatic heterocycles. The molecule has 9 heteroatoms. The normalized spacial score (nSPS) is 11.4. The van der Waals surface area contributed by atoms with E-state index in [1.807, 2.05) is 26.8 Å². The molecule has 0 saturated carbocycles. The fourth-order valence-electron chi connectivity index (χ4n) is 1.86. The molecule has 0 amide bonds. The largest absolute Gasteiger partial charge is 0.475 e. The van der Waals surface area contributed by atoms with E-state index < -0.39 is 5.60 Å². The molecular formula is C19H30BrNO7. The lowest BCUT2D eigenvalue weighted by molar-refractivity contribution is -0.160. The molecule has 0 aromatic carbocycles. The first-order valence-corrected chi connectivity index (χ1v) is 9.93. The molecule has 1 aromatic heterocycles. The van der Waals surface area contributed by atoms with E-state index in [0.29, 0.717) is 58.7 Å². The molecule has 0 radical (unpaired) electrons. The molecule has 0 aliphatic carbocycles. The van der Waals surface area contributed by atoms with Crippen LogP contribution in [0.15, 0.2) is 22.8 Å². The van der Waals surface area contributed by atoms with Gasteiger partial charge < -0.3 is 28.4 Å². The number of nitrogens with zero attached hydrogens (tertiary/aromatic N) is 1. The Bertz CT molecular complexity index is 551. The Morgan fingerprint density at radius 1 is 0.929 bits per heavy atom. The van der Waals surface area contributed by atoms with Gasteiger partial charge in [0.25, 0.3) is 0 Å². The lowest BCUT2D eigenvalue weighted by atomic mass is 10.2. The summed E-state index contributed by atoms with van der Waals surface area (Å²) >= 11 is 3.35. The van der Waals surface area contributed by atoms with Crippen molar-refractivity contribution in [3.8, 4) is 5.88 Å². The summed E-state index contributed by atoms with van der Waals surface area (Å²) in [4.78, 5) is 15.5. The lowest BCUT2D eigenvalue weighted by Gasteiger charge is -2.19. The molecule has 0 fully saturated rings. The Kier molecular flexibility index (Phi) is 13.0. The maximum atomic E-state index is 11.4. The van der Waals surface area contributed by atoms with Crippen LogP contribution in [0.3, 0.4) is 0 Å². The molecule has 0 aliphatic rings. The molecule has 0 spiro atoms. The van der Waals surface area contributed by atoms with Crippen LogP contribution >= 0.6 is 15.9 Å². The number of esters is 1. The van der Waals surface area contributed by atoms with E-state index in [9.17, 15) is 4.79 Å². The zero-order valence-electron chi connectivity index (χ0n) is 16.8. The van der Waals surface area contributed by atoms with Crippen LogP contribution in [0, 0.1) is 0 Å². The fourth-order valence-corrected chi connectivity index (χ4v) is 2.17. The Morgan fingerprint density at radius 2 is 1.46 bits per heavy atom. The number of rotatable bonds is 15. The fraction of sp³-hybridized carbons (Fsp3) is 0.684. The van der Waals surface area contributed by atoms with Crippen LogP contribution in [0.5, 0.6) is 5.88 Å². The van der Waals surface area contributed by atoms with E-state index in [0.717, 1.165) is 4.47 Å². The Balaban J connectivity index is 1.80. The number of hydrogen-bond donors (Lipinski definition) is 0. The van der Waals surface area contributed by atoms with E-state index >= 15 is 0 Å². The Labute approximate surface area is 174 Å². The summed E-state index contributed by atoms with van der Waals surface area (Å²) in [6, 6.07) is 3.63. The third-order valence-corrected chi connectivity index (χ3v) is 3.42. The summed E-state index contributed by atoms with van der Waals surface area (Å²) in [7, 11) is 0. The van der Waals surface area contributed by atoms with E-state index in [2.05, 4.69) is 20.9 Å². The molecule has 1 aromatic rings. The quantitative estimate of drug-likeness (QED) is 0.289. The second-order valence-electron chi connectivity index (χ2n) is 6.64. The van der Waals surface area contributed by atoms with Gasteiger partial charge in [0.05, 0.1) is 46.2 Å². The van der Waals surface area contributed by atoms with Gasteiger partial charge in [-0.05, 0) is 26.8 Å². The highest BCUT2D eigenvalue weighted by molar-refractivity contribution is 9.10. The third-order valence-electron chi connectivity index (χ3n) is 2.93. The topological polar surface area (TPSA) is 85.3 Å². The molecule has 0 atom stereocenters. The SMILES string of the molecule is CC(C)(C)OC(=O)COCCOCCOCCOCCOc1cc(Br)ccn1. The summed E-state index contributed by atoms with van der Waals surface area (Å²) in [5.41, 5.74) is -0.498. The van der Waals surface area contributed by atoms with Crippen LogP contribution in [0.4, 0.5) is 0 Å². The zero-order valence-corrected chi connectivity index (χ0v) is 18.4. The van der Waals surface area contributed by atoms with Gasteiger partial charge in [0, 0.05) is 16.7 Å². The number of carbonyl (C=O) groups is 1. The molecule has 8 nitrogen and oxygen atoms in total. The first-order valence-electron chi connectivity index (χ1n) is 9.14. The first kappa shape index (κ1) is 24.8. The third kappa shape index (κ3) is 14.8. The van der Waals surface area contributed by atoms with Crippen molar-refractivity contribution in [2.45, 2.75) is 26.4 Å². The summed E-state index contributed by atoms with van der Waals surface area (Å²) in [6.07, 6.45) is 1.67. The van der Waals surface area contributed by atoms with Crippen molar-refractivity contribution in [3.63, 3.8) is 0 Å². The predicted molar refractivity (Wildman–Crippen MR) is 107 cm³/mol. The summed E-state index contributed by atoms with van der Waals surface area (Å²) < 4.78 is 32.8. The van der Waals surface area contributed by atoms with Gasteiger partial charge in [-0.2, -0.15) is 0 Å². The molecular weight excluding hydrogens is 434 g/mol. The van der Waals surface area contributed by atoms with Gasteiger partial charge in [-0.3, -0.25) is 0 Å².